The van der Waals surface area contributed by atoms with Crippen LogP contribution >= 0.6 is 11.8 Å². The number of urea groups is 1. The second-order valence-electron chi connectivity index (χ2n) is 5.96. The van der Waals surface area contributed by atoms with E-state index in [1.54, 1.807) is 11.0 Å². The van der Waals surface area contributed by atoms with Gasteiger partial charge in [0.15, 0.2) is 0 Å². The van der Waals surface area contributed by atoms with Crippen molar-refractivity contribution in [2.45, 2.75) is 6.92 Å². The lowest BCUT2D eigenvalue weighted by atomic mass is 10.1. The van der Waals surface area contributed by atoms with E-state index in [2.05, 4.69) is 5.32 Å². The van der Waals surface area contributed by atoms with Gasteiger partial charge in [0.2, 0.25) is 0 Å². The van der Waals surface area contributed by atoms with Crippen molar-refractivity contribution < 1.29 is 14.3 Å². The summed E-state index contributed by atoms with van der Waals surface area (Å²) in [7, 11) is 0. The molecule has 2 aliphatic rings. The number of aryl methyl sites for hydroxylation is 1. The number of carbonyl (C=O) groups is 2. The molecule has 130 valence electrons. The van der Waals surface area contributed by atoms with Gasteiger partial charge in [-0.05, 0) is 24.6 Å². The van der Waals surface area contributed by atoms with Gasteiger partial charge in [0.1, 0.15) is 0 Å². The van der Waals surface area contributed by atoms with Crippen molar-refractivity contribution in [2.75, 3.05) is 56.2 Å². The van der Waals surface area contributed by atoms with Gasteiger partial charge in [-0.15, -0.1) is 0 Å². The van der Waals surface area contributed by atoms with Crippen LogP contribution in [-0.4, -0.2) is 72.6 Å². The molecule has 0 bridgehead atoms. The topological polar surface area (TPSA) is 61.9 Å². The molecular weight excluding hydrogens is 326 g/mol. The third kappa shape index (κ3) is 4.02. The van der Waals surface area contributed by atoms with Crippen molar-refractivity contribution in [1.82, 2.24) is 9.80 Å². The summed E-state index contributed by atoms with van der Waals surface area (Å²) in [6.07, 6.45) is 0. The molecule has 0 atom stereocenters. The predicted molar refractivity (Wildman–Crippen MR) is 95.8 cm³/mol. The molecule has 2 saturated heterocycles. The first-order valence-electron chi connectivity index (χ1n) is 8.26. The summed E-state index contributed by atoms with van der Waals surface area (Å²) in [4.78, 5) is 28.6. The van der Waals surface area contributed by atoms with Crippen LogP contribution in [0.2, 0.25) is 0 Å². The van der Waals surface area contributed by atoms with Crippen LogP contribution in [0.4, 0.5) is 10.5 Å². The Morgan fingerprint density at radius 2 is 1.79 bits per heavy atom. The molecule has 2 fully saturated rings. The van der Waals surface area contributed by atoms with E-state index < -0.39 is 0 Å². The Bertz CT molecular complexity index is 611. The lowest BCUT2D eigenvalue weighted by molar-refractivity contribution is 0.0564. The van der Waals surface area contributed by atoms with E-state index in [4.69, 9.17) is 4.74 Å². The van der Waals surface area contributed by atoms with Crippen LogP contribution in [0.3, 0.4) is 0 Å². The first-order chi connectivity index (χ1) is 11.6. The molecule has 1 aromatic carbocycles. The van der Waals surface area contributed by atoms with E-state index >= 15 is 0 Å². The summed E-state index contributed by atoms with van der Waals surface area (Å²) >= 11 is 1.87. The summed E-state index contributed by atoms with van der Waals surface area (Å²) in [5.41, 5.74) is 2.27. The monoisotopic (exact) mass is 349 g/mol. The van der Waals surface area contributed by atoms with Gasteiger partial charge in [-0.3, -0.25) is 4.79 Å². The molecule has 2 heterocycles. The highest BCUT2D eigenvalue weighted by Gasteiger charge is 2.21. The Morgan fingerprint density at radius 3 is 2.50 bits per heavy atom. The maximum absolute atomic E-state index is 12.6. The molecule has 0 saturated carbocycles. The number of carbonyl (C=O) groups excluding carboxylic acids is 2. The van der Waals surface area contributed by atoms with Crippen molar-refractivity contribution in [3.8, 4) is 0 Å². The fraction of sp³-hybridized carbons (Fsp3) is 0.529. The average Bonchev–Trinajstić information content (AvgIpc) is 2.64. The molecular formula is C17H23N3O3S. The highest BCUT2D eigenvalue weighted by molar-refractivity contribution is 7.99. The Morgan fingerprint density at radius 1 is 1.08 bits per heavy atom. The molecule has 24 heavy (non-hydrogen) atoms. The van der Waals surface area contributed by atoms with Gasteiger partial charge in [-0.2, -0.15) is 11.8 Å². The van der Waals surface area contributed by atoms with E-state index in [1.807, 2.05) is 35.7 Å². The average molecular weight is 349 g/mol. The number of morpholine rings is 1. The molecule has 1 aromatic rings. The third-order valence-corrected chi connectivity index (χ3v) is 5.27. The van der Waals surface area contributed by atoms with Gasteiger partial charge >= 0.3 is 6.03 Å². The zero-order valence-electron chi connectivity index (χ0n) is 13.9. The van der Waals surface area contributed by atoms with Crippen molar-refractivity contribution in [1.29, 1.82) is 0 Å². The van der Waals surface area contributed by atoms with Crippen LogP contribution in [0.5, 0.6) is 0 Å². The lowest BCUT2D eigenvalue weighted by Gasteiger charge is -2.28. The SMILES string of the molecule is Cc1ccc(C(=O)N2CCSCC2)cc1NC(=O)N1CCOCC1. The number of anilines is 1. The molecule has 6 nitrogen and oxygen atoms in total. The molecule has 0 aliphatic carbocycles. The third-order valence-electron chi connectivity index (χ3n) is 4.32. The second kappa shape index (κ2) is 7.90. The van der Waals surface area contributed by atoms with Crippen LogP contribution in [-0.2, 0) is 4.74 Å². The van der Waals surface area contributed by atoms with Crippen molar-refractivity contribution >= 4 is 29.4 Å². The van der Waals surface area contributed by atoms with Gasteiger partial charge < -0.3 is 19.9 Å². The number of ether oxygens (including phenoxy) is 1. The molecule has 2 aliphatic heterocycles. The van der Waals surface area contributed by atoms with E-state index in [1.165, 1.54) is 0 Å². The maximum atomic E-state index is 12.6. The summed E-state index contributed by atoms with van der Waals surface area (Å²) in [5, 5.41) is 2.93. The second-order valence-corrected chi connectivity index (χ2v) is 7.19. The number of nitrogens with zero attached hydrogens (tertiary/aromatic N) is 2. The smallest absolute Gasteiger partial charge is 0.322 e. The Balaban J connectivity index is 1.71. The number of rotatable bonds is 2. The minimum atomic E-state index is -0.139. The highest BCUT2D eigenvalue weighted by atomic mass is 32.2. The Hall–Kier alpha value is -1.73. The minimum absolute atomic E-state index is 0.0390. The van der Waals surface area contributed by atoms with Gasteiger partial charge in [0.05, 0.1) is 13.2 Å². The normalized spacial score (nSPS) is 18.4. The fourth-order valence-electron chi connectivity index (χ4n) is 2.80. The molecule has 3 amide bonds. The van der Waals surface area contributed by atoms with Gasteiger partial charge in [0.25, 0.3) is 5.91 Å². The summed E-state index contributed by atoms with van der Waals surface area (Å²) in [6, 6.07) is 5.38. The van der Waals surface area contributed by atoms with Crippen LogP contribution in [0, 0.1) is 6.92 Å². The number of thioether (sulfide) groups is 1. The number of hydrogen-bond donors (Lipinski definition) is 1. The van der Waals surface area contributed by atoms with Crippen LogP contribution < -0.4 is 5.32 Å². The van der Waals surface area contributed by atoms with E-state index in [0.29, 0.717) is 37.6 Å². The lowest BCUT2D eigenvalue weighted by Crippen LogP contribution is -2.43. The number of nitrogens with one attached hydrogen (secondary N) is 1. The van der Waals surface area contributed by atoms with Crippen LogP contribution in [0.15, 0.2) is 18.2 Å². The standard InChI is InChI=1S/C17H23N3O3S/c1-13-2-3-14(16(21)19-6-10-24-11-7-19)12-15(13)18-17(22)20-4-8-23-9-5-20/h2-3,12H,4-11H2,1H3,(H,18,22). The van der Waals surface area contributed by atoms with E-state index in [-0.39, 0.29) is 11.9 Å². The molecule has 0 aromatic heterocycles. The van der Waals surface area contributed by atoms with Crippen LogP contribution in [0.25, 0.3) is 0 Å². The largest absolute Gasteiger partial charge is 0.378 e. The highest BCUT2D eigenvalue weighted by Crippen LogP contribution is 2.20. The molecule has 0 radical (unpaired) electrons. The fourth-order valence-corrected chi connectivity index (χ4v) is 3.70. The number of hydrogen-bond acceptors (Lipinski definition) is 4. The van der Waals surface area contributed by atoms with Crippen LogP contribution in [0.1, 0.15) is 15.9 Å². The van der Waals surface area contributed by atoms with Crippen molar-refractivity contribution in [3.05, 3.63) is 29.3 Å². The molecule has 0 unspecified atom stereocenters. The first kappa shape index (κ1) is 17.1. The van der Waals surface area contributed by atoms with Crippen molar-refractivity contribution in [2.24, 2.45) is 0 Å². The first-order valence-corrected chi connectivity index (χ1v) is 9.42. The van der Waals surface area contributed by atoms with Crippen molar-refractivity contribution in [3.63, 3.8) is 0 Å². The van der Waals surface area contributed by atoms with E-state index in [0.717, 1.165) is 30.2 Å². The number of benzene rings is 1. The Labute approximate surface area is 146 Å². The number of amides is 3. The summed E-state index contributed by atoms with van der Waals surface area (Å²) < 4.78 is 5.27. The summed E-state index contributed by atoms with van der Waals surface area (Å²) in [6.45, 7) is 5.82. The maximum Gasteiger partial charge on any atom is 0.322 e. The summed E-state index contributed by atoms with van der Waals surface area (Å²) in [5.74, 6) is 2.01. The Kier molecular flexibility index (Phi) is 5.63. The zero-order chi connectivity index (χ0) is 16.9. The van der Waals surface area contributed by atoms with E-state index in [9.17, 15) is 9.59 Å². The predicted octanol–water partition coefficient (Wildman–Crippen LogP) is 2.05. The van der Waals surface area contributed by atoms with Gasteiger partial charge in [0, 0.05) is 48.9 Å². The van der Waals surface area contributed by atoms with Gasteiger partial charge in [-0.1, -0.05) is 6.07 Å². The van der Waals surface area contributed by atoms with Gasteiger partial charge in [-0.25, -0.2) is 4.79 Å². The molecule has 1 N–H and O–H groups in total. The quantitative estimate of drug-likeness (QED) is 0.888. The molecule has 7 heteroatoms. The minimum Gasteiger partial charge on any atom is -0.378 e. The zero-order valence-corrected chi connectivity index (χ0v) is 14.7. The molecule has 0 spiro atoms. The molecule has 3 rings (SSSR count).